The molecule has 0 spiro atoms. The molecule has 5 aromatic heterocycles. The van der Waals surface area contributed by atoms with Crippen LogP contribution in [0.2, 0.25) is 0 Å². The number of fused-ring (bicyclic) bond motifs is 2. The molecule has 202 valence electrons. The molecule has 0 atom stereocenters. The third-order valence-corrected chi connectivity index (χ3v) is 14.0. The summed E-state index contributed by atoms with van der Waals surface area (Å²) < 4.78 is 24.8. The number of thiophene rings is 5. The molecule has 2 aliphatic heterocycles. The first-order chi connectivity index (χ1) is 18.9. The lowest BCUT2D eigenvalue weighted by Gasteiger charge is -2.27. The van der Waals surface area contributed by atoms with Crippen LogP contribution in [0, 0.1) is 0 Å². The summed E-state index contributed by atoms with van der Waals surface area (Å²) in [4.78, 5) is 9.84. The minimum Gasteiger partial charge on any atom is -0.485 e. The zero-order chi connectivity index (χ0) is 26.8. The van der Waals surface area contributed by atoms with Gasteiger partial charge >= 0.3 is 0 Å². The van der Waals surface area contributed by atoms with Crippen molar-refractivity contribution in [2.45, 2.75) is 38.5 Å². The number of hydrogen-bond acceptors (Lipinski definition) is 9. The van der Waals surface area contributed by atoms with Crippen LogP contribution in [0.4, 0.5) is 0 Å². The molecule has 7 rings (SSSR count). The highest BCUT2D eigenvalue weighted by Crippen LogP contribution is 2.58. The maximum atomic E-state index is 6.25. The summed E-state index contributed by atoms with van der Waals surface area (Å²) in [6, 6.07) is 13.1. The molecule has 39 heavy (non-hydrogen) atoms. The van der Waals surface area contributed by atoms with E-state index in [-0.39, 0.29) is 10.8 Å². The fourth-order valence-electron chi connectivity index (χ4n) is 5.10. The fourth-order valence-corrected chi connectivity index (χ4v) is 10.8. The Morgan fingerprint density at radius 2 is 0.949 bits per heavy atom. The second-order valence-electron chi connectivity index (χ2n) is 10.6. The molecule has 4 nitrogen and oxygen atoms in total. The average Bonchev–Trinajstić information content (AvgIpc) is 3.77. The normalized spacial score (nSPS) is 15.1. The van der Waals surface area contributed by atoms with E-state index in [9.17, 15) is 0 Å². The lowest BCUT2D eigenvalue weighted by molar-refractivity contribution is 0.171. The van der Waals surface area contributed by atoms with E-state index in [1.807, 2.05) is 11.3 Å². The van der Waals surface area contributed by atoms with Gasteiger partial charge in [-0.05, 0) is 62.7 Å². The van der Waals surface area contributed by atoms with E-state index in [1.165, 1.54) is 39.0 Å². The first-order valence-electron chi connectivity index (χ1n) is 12.9. The molecular formula is C30H28O4S5. The Kier molecular flexibility index (Phi) is 6.36. The summed E-state index contributed by atoms with van der Waals surface area (Å²) >= 11 is 8.97. The Labute approximate surface area is 248 Å². The molecular weight excluding hydrogens is 585 g/mol. The van der Waals surface area contributed by atoms with Crippen molar-refractivity contribution in [3.63, 3.8) is 0 Å². The van der Waals surface area contributed by atoms with Gasteiger partial charge in [0.25, 0.3) is 0 Å². The van der Waals surface area contributed by atoms with E-state index in [0.717, 1.165) is 23.0 Å². The lowest BCUT2D eigenvalue weighted by atomic mass is 9.87. The number of hydrogen-bond donors (Lipinski definition) is 0. The standard InChI is InChI=1S/C30H28O4S5/c1-29(2,27-23-21(31-11-13-33-23)25(38-27)17-7-5-15-35-17)19-9-10-20(37-19)30(3,4)28-24-22(32-12-14-34-24)26(39-28)18-8-6-16-36-18/h5-10,15-16H,11-14H2,1-4H3. The van der Waals surface area contributed by atoms with Gasteiger partial charge in [-0.15, -0.1) is 56.7 Å². The third-order valence-electron chi connectivity index (χ3n) is 7.26. The Bertz CT molecular complexity index is 1500. The van der Waals surface area contributed by atoms with Crippen LogP contribution in [-0.2, 0) is 10.8 Å². The first kappa shape index (κ1) is 25.7. The van der Waals surface area contributed by atoms with Gasteiger partial charge in [0.05, 0.1) is 19.5 Å². The van der Waals surface area contributed by atoms with Gasteiger partial charge in [0.2, 0.25) is 0 Å². The van der Waals surface area contributed by atoms with E-state index in [1.54, 1.807) is 45.3 Å². The van der Waals surface area contributed by atoms with Crippen LogP contribution in [0.25, 0.3) is 19.5 Å². The Hall–Kier alpha value is -2.30. The van der Waals surface area contributed by atoms with Gasteiger partial charge in [-0.2, -0.15) is 0 Å². The molecule has 2 aliphatic rings. The van der Waals surface area contributed by atoms with Crippen molar-refractivity contribution >= 4 is 56.7 Å². The van der Waals surface area contributed by atoms with E-state index in [4.69, 9.17) is 18.9 Å². The van der Waals surface area contributed by atoms with Crippen molar-refractivity contribution in [1.82, 2.24) is 0 Å². The molecule has 0 radical (unpaired) electrons. The zero-order valence-electron chi connectivity index (χ0n) is 22.1. The first-order valence-corrected chi connectivity index (χ1v) is 17.1. The van der Waals surface area contributed by atoms with Crippen molar-refractivity contribution in [2.24, 2.45) is 0 Å². The maximum Gasteiger partial charge on any atom is 0.181 e. The molecule has 0 unspecified atom stereocenters. The summed E-state index contributed by atoms with van der Waals surface area (Å²) in [5.41, 5.74) is -0.471. The molecule has 0 saturated carbocycles. The van der Waals surface area contributed by atoms with E-state index in [0.29, 0.717) is 26.4 Å². The van der Waals surface area contributed by atoms with Gasteiger partial charge in [-0.3, -0.25) is 0 Å². The highest BCUT2D eigenvalue weighted by atomic mass is 32.1. The Balaban J connectivity index is 1.28. The SMILES string of the molecule is CC(C)(c1ccc(C(C)(C)c2sc(-c3cccs3)c3c2OCCO3)s1)c1sc(-c2cccs2)c2c1OCCO2. The maximum absolute atomic E-state index is 6.25. The zero-order valence-corrected chi connectivity index (χ0v) is 26.2. The molecule has 9 heteroatoms. The summed E-state index contributed by atoms with van der Waals surface area (Å²) in [5.74, 6) is 3.62. The van der Waals surface area contributed by atoms with E-state index >= 15 is 0 Å². The molecule has 0 bridgehead atoms. The van der Waals surface area contributed by atoms with Crippen LogP contribution in [0.1, 0.15) is 47.2 Å². The molecule has 0 fully saturated rings. The van der Waals surface area contributed by atoms with E-state index < -0.39 is 0 Å². The quantitative estimate of drug-likeness (QED) is 0.191. The predicted molar refractivity (Wildman–Crippen MR) is 166 cm³/mol. The highest BCUT2D eigenvalue weighted by molar-refractivity contribution is 7.23. The largest absolute Gasteiger partial charge is 0.485 e. The molecule has 0 aliphatic carbocycles. The van der Waals surface area contributed by atoms with Gasteiger partial charge in [0, 0.05) is 30.3 Å². The van der Waals surface area contributed by atoms with Crippen molar-refractivity contribution in [3.8, 4) is 42.5 Å². The molecule has 0 saturated heterocycles. The van der Waals surface area contributed by atoms with Crippen molar-refractivity contribution in [1.29, 1.82) is 0 Å². The van der Waals surface area contributed by atoms with Crippen LogP contribution in [0.5, 0.6) is 23.0 Å². The third kappa shape index (κ3) is 4.16. The fraction of sp³-hybridized carbons (Fsp3) is 0.333. The summed E-state index contributed by atoms with van der Waals surface area (Å²) in [6.45, 7) is 11.5. The summed E-state index contributed by atoms with van der Waals surface area (Å²) in [6.07, 6.45) is 0. The topological polar surface area (TPSA) is 36.9 Å². The average molecular weight is 613 g/mol. The highest BCUT2D eigenvalue weighted by Gasteiger charge is 2.40. The minimum atomic E-state index is -0.236. The van der Waals surface area contributed by atoms with Gasteiger partial charge in [0.15, 0.2) is 23.0 Å². The molecule has 5 aromatic rings. The minimum absolute atomic E-state index is 0.236. The van der Waals surface area contributed by atoms with Gasteiger partial charge in [-0.1, -0.05) is 12.1 Å². The van der Waals surface area contributed by atoms with Crippen LogP contribution in [0.3, 0.4) is 0 Å². The van der Waals surface area contributed by atoms with Gasteiger partial charge in [-0.25, -0.2) is 0 Å². The molecule has 0 amide bonds. The Morgan fingerprint density at radius 3 is 1.33 bits per heavy atom. The predicted octanol–water partition coefficient (Wildman–Crippen LogP) is 9.52. The van der Waals surface area contributed by atoms with Crippen LogP contribution < -0.4 is 18.9 Å². The van der Waals surface area contributed by atoms with Gasteiger partial charge < -0.3 is 18.9 Å². The smallest absolute Gasteiger partial charge is 0.181 e. The van der Waals surface area contributed by atoms with Crippen molar-refractivity contribution < 1.29 is 18.9 Å². The summed E-state index contributed by atoms with van der Waals surface area (Å²) in [7, 11) is 0. The number of ether oxygens (including phenoxy) is 4. The second-order valence-corrected chi connectivity index (χ2v) is 15.6. The number of rotatable bonds is 6. The van der Waals surface area contributed by atoms with Crippen LogP contribution >= 0.6 is 56.7 Å². The summed E-state index contributed by atoms with van der Waals surface area (Å²) in [5, 5.41) is 4.23. The van der Waals surface area contributed by atoms with Crippen molar-refractivity contribution in [2.75, 3.05) is 26.4 Å². The Morgan fingerprint density at radius 1 is 0.538 bits per heavy atom. The van der Waals surface area contributed by atoms with E-state index in [2.05, 4.69) is 74.9 Å². The van der Waals surface area contributed by atoms with Gasteiger partial charge in [0.1, 0.15) is 26.4 Å². The molecule has 7 heterocycles. The van der Waals surface area contributed by atoms with Crippen molar-refractivity contribution in [3.05, 3.63) is 66.7 Å². The molecule has 0 N–H and O–H groups in total. The monoisotopic (exact) mass is 612 g/mol. The van der Waals surface area contributed by atoms with Crippen LogP contribution in [-0.4, -0.2) is 26.4 Å². The second kappa shape index (κ2) is 9.66. The lowest BCUT2D eigenvalue weighted by Crippen LogP contribution is -2.21. The van der Waals surface area contributed by atoms with Crippen LogP contribution in [0.15, 0.2) is 47.2 Å². The molecule has 0 aromatic carbocycles.